The van der Waals surface area contributed by atoms with Crippen LogP contribution in [0.5, 0.6) is 0 Å². The molecule has 21 heavy (non-hydrogen) atoms. The van der Waals surface area contributed by atoms with Crippen molar-refractivity contribution in [1.29, 1.82) is 0 Å². The highest BCUT2D eigenvalue weighted by molar-refractivity contribution is 5.57. The van der Waals surface area contributed by atoms with E-state index >= 15 is 0 Å². The molecule has 1 aromatic carbocycles. The number of nitrogens with zero attached hydrogens (tertiary/aromatic N) is 3. The molecule has 0 aliphatic heterocycles. The van der Waals surface area contributed by atoms with Gasteiger partial charge in [0.1, 0.15) is 5.82 Å². The van der Waals surface area contributed by atoms with E-state index in [4.69, 9.17) is 0 Å². The Morgan fingerprint density at radius 3 is 2.52 bits per heavy atom. The SMILES string of the molecule is CCCN(CCC)c1nccc(Nc2cccc(C)c2)n1. The summed E-state index contributed by atoms with van der Waals surface area (Å²) < 4.78 is 0. The highest BCUT2D eigenvalue weighted by Crippen LogP contribution is 2.18. The van der Waals surface area contributed by atoms with Crippen LogP contribution in [0.2, 0.25) is 0 Å². The van der Waals surface area contributed by atoms with Crippen molar-refractivity contribution in [2.24, 2.45) is 0 Å². The molecule has 1 aromatic heterocycles. The lowest BCUT2D eigenvalue weighted by molar-refractivity contribution is 0.722. The molecule has 0 atom stereocenters. The van der Waals surface area contributed by atoms with E-state index in [0.29, 0.717) is 0 Å². The lowest BCUT2D eigenvalue weighted by Gasteiger charge is -2.21. The van der Waals surface area contributed by atoms with E-state index in [1.54, 1.807) is 0 Å². The minimum atomic E-state index is 0.802. The fourth-order valence-electron chi connectivity index (χ4n) is 2.29. The van der Waals surface area contributed by atoms with Crippen molar-refractivity contribution in [3.05, 3.63) is 42.1 Å². The van der Waals surface area contributed by atoms with Crippen LogP contribution in [0.1, 0.15) is 32.3 Å². The Balaban J connectivity index is 2.16. The van der Waals surface area contributed by atoms with E-state index in [-0.39, 0.29) is 0 Å². The Kier molecular flexibility index (Phi) is 5.55. The Morgan fingerprint density at radius 2 is 1.86 bits per heavy atom. The summed E-state index contributed by atoms with van der Waals surface area (Å²) in [5, 5.41) is 3.35. The minimum absolute atomic E-state index is 0.802. The zero-order valence-corrected chi connectivity index (χ0v) is 13.1. The van der Waals surface area contributed by atoms with Gasteiger partial charge in [0.05, 0.1) is 0 Å². The predicted molar refractivity (Wildman–Crippen MR) is 89.3 cm³/mol. The maximum atomic E-state index is 4.64. The maximum absolute atomic E-state index is 4.64. The Hall–Kier alpha value is -2.10. The number of hydrogen-bond donors (Lipinski definition) is 1. The van der Waals surface area contributed by atoms with Crippen LogP contribution in [0.25, 0.3) is 0 Å². The molecule has 2 rings (SSSR count). The molecule has 1 N–H and O–H groups in total. The van der Waals surface area contributed by atoms with Gasteiger partial charge in [-0.15, -0.1) is 0 Å². The van der Waals surface area contributed by atoms with Gasteiger partial charge in [-0.2, -0.15) is 4.98 Å². The molecule has 0 bridgehead atoms. The van der Waals surface area contributed by atoms with Gasteiger partial charge >= 0.3 is 0 Å². The molecule has 4 heteroatoms. The first kappa shape index (κ1) is 15.3. The average molecular weight is 284 g/mol. The van der Waals surface area contributed by atoms with Gasteiger partial charge in [-0.1, -0.05) is 26.0 Å². The summed E-state index contributed by atoms with van der Waals surface area (Å²) >= 11 is 0. The van der Waals surface area contributed by atoms with Gasteiger partial charge in [0, 0.05) is 25.0 Å². The van der Waals surface area contributed by atoms with Crippen LogP contribution >= 0.6 is 0 Å². The number of benzene rings is 1. The first-order valence-electron chi connectivity index (χ1n) is 7.64. The molecule has 1 heterocycles. The van der Waals surface area contributed by atoms with E-state index in [0.717, 1.165) is 43.4 Å². The molecule has 0 unspecified atom stereocenters. The highest BCUT2D eigenvalue weighted by atomic mass is 15.3. The minimum Gasteiger partial charge on any atom is -0.341 e. The monoisotopic (exact) mass is 284 g/mol. The van der Waals surface area contributed by atoms with Crippen molar-refractivity contribution in [3.8, 4) is 0 Å². The molecule has 0 spiro atoms. The topological polar surface area (TPSA) is 41.1 Å². The van der Waals surface area contributed by atoms with Crippen molar-refractivity contribution in [2.75, 3.05) is 23.3 Å². The number of anilines is 3. The number of hydrogen-bond acceptors (Lipinski definition) is 4. The molecule has 0 saturated heterocycles. The van der Waals surface area contributed by atoms with E-state index in [2.05, 4.69) is 53.1 Å². The molecule has 0 saturated carbocycles. The van der Waals surface area contributed by atoms with Crippen LogP contribution in [0.3, 0.4) is 0 Å². The fraction of sp³-hybridized carbons (Fsp3) is 0.412. The van der Waals surface area contributed by atoms with Crippen molar-refractivity contribution < 1.29 is 0 Å². The second-order valence-electron chi connectivity index (χ2n) is 5.22. The number of nitrogens with one attached hydrogen (secondary N) is 1. The number of rotatable bonds is 7. The van der Waals surface area contributed by atoms with Crippen LogP contribution < -0.4 is 10.2 Å². The third-order valence-electron chi connectivity index (χ3n) is 3.20. The van der Waals surface area contributed by atoms with Gasteiger partial charge in [-0.05, 0) is 43.5 Å². The summed E-state index contributed by atoms with van der Waals surface area (Å²) in [6.45, 7) is 8.42. The van der Waals surface area contributed by atoms with Crippen molar-refractivity contribution in [2.45, 2.75) is 33.6 Å². The summed E-state index contributed by atoms with van der Waals surface area (Å²) in [4.78, 5) is 11.3. The van der Waals surface area contributed by atoms with E-state index < -0.39 is 0 Å². The van der Waals surface area contributed by atoms with Gasteiger partial charge < -0.3 is 10.2 Å². The molecular formula is C17H24N4. The predicted octanol–water partition coefficient (Wildman–Crippen LogP) is 4.16. The summed E-state index contributed by atoms with van der Waals surface area (Å²) in [5.41, 5.74) is 2.28. The van der Waals surface area contributed by atoms with Crippen LogP contribution in [-0.4, -0.2) is 23.1 Å². The normalized spacial score (nSPS) is 10.4. The Labute approximate surface area is 127 Å². The molecule has 4 nitrogen and oxygen atoms in total. The van der Waals surface area contributed by atoms with Gasteiger partial charge in [0.15, 0.2) is 0 Å². The van der Waals surface area contributed by atoms with Gasteiger partial charge in [-0.25, -0.2) is 4.98 Å². The second kappa shape index (κ2) is 7.62. The summed E-state index contributed by atoms with van der Waals surface area (Å²) in [7, 11) is 0. The van der Waals surface area contributed by atoms with E-state index in [1.165, 1.54) is 5.56 Å². The molecule has 0 aliphatic rings. The molecule has 112 valence electrons. The molecule has 0 fully saturated rings. The smallest absolute Gasteiger partial charge is 0.227 e. The summed E-state index contributed by atoms with van der Waals surface area (Å²) in [5.74, 6) is 1.64. The second-order valence-corrected chi connectivity index (χ2v) is 5.22. The summed E-state index contributed by atoms with van der Waals surface area (Å²) in [6.07, 6.45) is 4.01. The van der Waals surface area contributed by atoms with Crippen molar-refractivity contribution in [3.63, 3.8) is 0 Å². The van der Waals surface area contributed by atoms with Crippen LogP contribution in [0.15, 0.2) is 36.5 Å². The summed E-state index contributed by atoms with van der Waals surface area (Å²) in [6, 6.07) is 10.2. The van der Waals surface area contributed by atoms with Gasteiger partial charge in [0.2, 0.25) is 5.95 Å². The Bertz CT molecular complexity index is 562. The fourth-order valence-corrected chi connectivity index (χ4v) is 2.29. The largest absolute Gasteiger partial charge is 0.341 e. The molecule has 0 radical (unpaired) electrons. The lowest BCUT2D eigenvalue weighted by Crippen LogP contribution is -2.26. The quantitative estimate of drug-likeness (QED) is 0.829. The van der Waals surface area contributed by atoms with Crippen LogP contribution in [0, 0.1) is 6.92 Å². The molecular weight excluding hydrogens is 260 g/mol. The van der Waals surface area contributed by atoms with Gasteiger partial charge in [0.25, 0.3) is 0 Å². The number of aryl methyl sites for hydroxylation is 1. The van der Waals surface area contributed by atoms with Crippen molar-refractivity contribution >= 4 is 17.5 Å². The standard InChI is InChI=1S/C17H24N4/c1-4-11-21(12-5-2)17-18-10-9-16(20-17)19-15-8-6-7-14(3)13-15/h6-10,13H,4-5,11-12H2,1-3H3,(H,18,19,20). The zero-order valence-electron chi connectivity index (χ0n) is 13.1. The average Bonchev–Trinajstić information content (AvgIpc) is 2.47. The third kappa shape index (κ3) is 4.45. The zero-order chi connectivity index (χ0) is 15.1. The van der Waals surface area contributed by atoms with E-state index in [9.17, 15) is 0 Å². The first-order chi connectivity index (χ1) is 10.2. The highest BCUT2D eigenvalue weighted by Gasteiger charge is 2.08. The van der Waals surface area contributed by atoms with E-state index in [1.807, 2.05) is 24.4 Å². The third-order valence-corrected chi connectivity index (χ3v) is 3.20. The first-order valence-corrected chi connectivity index (χ1v) is 7.64. The number of aromatic nitrogens is 2. The lowest BCUT2D eigenvalue weighted by atomic mass is 10.2. The van der Waals surface area contributed by atoms with Crippen LogP contribution in [-0.2, 0) is 0 Å². The molecule has 0 amide bonds. The van der Waals surface area contributed by atoms with Crippen molar-refractivity contribution in [1.82, 2.24) is 9.97 Å². The maximum Gasteiger partial charge on any atom is 0.227 e. The molecule has 2 aromatic rings. The Morgan fingerprint density at radius 1 is 1.10 bits per heavy atom. The molecule has 0 aliphatic carbocycles. The van der Waals surface area contributed by atoms with Gasteiger partial charge in [-0.3, -0.25) is 0 Å². The van der Waals surface area contributed by atoms with Crippen LogP contribution in [0.4, 0.5) is 17.5 Å².